The lowest BCUT2D eigenvalue weighted by molar-refractivity contribution is -0.138. The summed E-state index contributed by atoms with van der Waals surface area (Å²) in [6, 6.07) is 0. The summed E-state index contributed by atoms with van der Waals surface area (Å²) in [5.41, 5.74) is 0.866. The first-order chi connectivity index (χ1) is 10.1. The molecule has 8 heteroatoms. The zero-order valence-corrected chi connectivity index (χ0v) is 12.7. The number of hydrogen-bond donors (Lipinski definition) is 0. The van der Waals surface area contributed by atoms with Gasteiger partial charge in [0.2, 0.25) is 18.1 Å². The molecule has 1 amide bonds. The van der Waals surface area contributed by atoms with Gasteiger partial charge in [-0.05, 0) is 13.8 Å². The summed E-state index contributed by atoms with van der Waals surface area (Å²) in [5, 5.41) is 4.76. The minimum atomic E-state index is -0.320. The molecule has 1 fully saturated rings. The molecule has 1 aliphatic rings. The molecule has 7 nitrogen and oxygen atoms in total. The fraction of sp³-hybridized carbons (Fsp3) is 0.538. The van der Waals surface area contributed by atoms with Crippen molar-refractivity contribution in [2.75, 3.05) is 19.7 Å². The predicted octanol–water partition coefficient (Wildman–Crippen LogP) is 1.29. The molecular weight excluding hydrogens is 292 g/mol. The van der Waals surface area contributed by atoms with E-state index in [1.807, 2.05) is 13.8 Å². The standard InChI is InChI=1S/C13H16N4O3S/c1-8-10(15-9(2)21-8)5-12(18)17-3-4-19-11(6-17)13-14-7-20-16-13/h7,11H,3-6H2,1-2H3. The maximum Gasteiger partial charge on any atom is 0.228 e. The lowest BCUT2D eigenvalue weighted by Gasteiger charge is -2.31. The second kappa shape index (κ2) is 5.90. The SMILES string of the molecule is Cc1nc(CC(=O)N2CCOC(c3ncon3)C2)c(C)s1. The predicted molar refractivity (Wildman–Crippen MR) is 74.9 cm³/mol. The van der Waals surface area contributed by atoms with E-state index in [0.717, 1.165) is 15.6 Å². The zero-order valence-electron chi connectivity index (χ0n) is 11.9. The van der Waals surface area contributed by atoms with Gasteiger partial charge in [0.05, 0.1) is 30.3 Å². The third-order valence-corrected chi connectivity index (χ3v) is 4.33. The maximum atomic E-state index is 12.4. The van der Waals surface area contributed by atoms with Crippen LogP contribution in [0.15, 0.2) is 10.9 Å². The molecule has 2 aromatic heterocycles. The Bertz CT molecular complexity index is 625. The molecule has 112 valence electrons. The van der Waals surface area contributed by atoms with E-state index in [1.165, 1.54) is 6.39 Å². The maximum absolute atomic E-state index is 12.4. The summed E-state index contributed by atoms with van der Waals surface area (Å²) in [6.07, 6.45) is 1.27. The molecule has 0 N–H and O–H groups in total. The quantitative estimate of drug-likeness (QED) is 0.850. The number of thiazole rings is 1. The second-order valence-electron chi connectivity index (χ2n) is 4.90. The van der Waals surface area contributed by atoms with Gasteiger partial charge in [0.1, 0.15) is 6.10 Å². The first-order valence-corrected chi connectivity index (χ1v) is 7.53. The van der Waals surface area contributed by atoms with E-state index in [4.69, 9.17) is 9.26 Å². The Morgan fingerprint density at radius 2 is 2.38 bits per heavy atom. The smallest absolute Gasteiger partial charge is 0.228 e. The Kier molecular flexibility index (Phi) is 3.98. The molecule has 0 radical (unpaired) electrons. The van der Waals surface area contributed by atoms with Crippen molar-refractivity contribution in [2.45, 2.75) is 26.4 Å². The van der Waals surface area contributed by atoms with E-state index in [0.29, 0.717) is 31.9 Å². The Morgan fingerprint density at radius 3 is 3.05 bits per heavy atom. The number of aromatic nitrogens is 3. The summed E-state index contributed by atoms with van der Waals surface area (Å²) < 4.78 is 10.3. The average molecular weight is 308 g/mol. The number of hydrogen-bond acceptors (Lipinski definition) is 7. The van der Waals surface area contributed by atoms with Crippen molar-refractivity contribution < 1.29 is 14.1 Å². The van der Waals surface area contributed by atoms with E-state index in [-0.39, 0.29) is 12.0 Å². The van der Waals surface area contributed by atoms with Gasteiger partial charge in [-0.3, -0.25) is 4.79 Å². The molecule has 21 heavy (non-hydrogen) atoms. The van der Waals surface area contributed by atoms with E-state index in [1.54, 1.807) is 16.2 Å². The van der Waals surface area contributed by atoms with Gasteiger partial charge >= 0.3 is 0 Å². The Labute approximate surface area is 125 Å². The first kappa shape index (κ1) is 14.2. The number of aryl methyl sites for hydroxylation is 2. The van der Waals surface area contributed by atoms with E-state index in [9.17, 15) is 4.79 Å². The molecule has 1 atom stereocenters. The van der Waals surface area contributed by atoms with Gasteiger partial charge in [0.25, 0.3) is 0 Å². The highest BCUT2D eigenvalue weighted by Gasteiger charge is 2.28. The Hall–Kier alpha value is -1.80. The van der Waals surface area contributed by atoms with Crippen LogP contribution in [0.4, 0.5) is 0 Å². The van der Waals surface area contributed by atoms with Crippen LogP contribution in [-0.4, -0.2) is 45.6 Å². The van der Waals surface area contributed by atoms with Gasteiger partial charge in [-0.25, -0.2) is 4.98 Å². The summed E-state index contributed by atoms with van der Waals surface area (Å²) in [7, 11) is 0. The van der Waals surface area contributed by atoms with Gasteiger partial charge < -0.3 is 14.2 Å². The topological polar surface area (TPSA) is 81.4 Å². The molecule has 0 bridgehead atoms. The van der Waals surface area contributed by atoms with Crippen LogP contribution in [0.5, 0.6) is 0 Å². The average Bonchev–Trinajstić information content (AvgIpc) is 3.09. The van der Waals surface area contributed by atoms with Crippen molar-refractivity contribution >= 4 is 17.2 Å². The van der Waals surface area contributed by atoms with Crippen LogP contribution in [0.25, 0.3) is 0 Å². The molecule has 0 saturated carbocycles. The number of rotatable bonds is 3. The Morgan fingerprint density at radius 1 is 1.52 bits per heavy atom. The van der Waals surface area contributed by atoms with Crippen LogP contribution >= 0.6 is 11.3 Å². The van der Waals surface area contributed by atoms with Crippen molar-refractivity contribution in [3.8, 4) is 0 Å². The third-order valence-electron chi connectivity index (χ3n) is 3.40. The molecular formula is C13H16N4O3S. The van der Waals surface area contributed by atoms with E-state index in [2.05, 4.69) is 15.1 Å². The molecule has 0 spiro atoms. The van der Waals surface area contributed by atoms with Crippen LogP contribution in [0.3, 0.4) is 0 Å². The zero-order chi connectivity index (χ0) is 14.8. The molecule has 0 aromatic carbocycles. The number of ether oxygens (including phenoxy) is 1. The highest BCUT2D eigenvalue weighted by molar-refractivity contribution is 7.11. The van der Waals surface area contributed by atoms with Crippen LogP contribution in [0, 0.1) is 13.8 Å². The lowest BCUT2D eigenvalue weighted by Crippen LogP contribution is -2.43. The minimum Gasteiger partial charge on any atom is -0.366 e. The molecule has 3 rings (SSSR count). The molecule has 1 saturated heterocycles. The van der Waals surface area contributed by atoms with Gasteiger partial charge in [-0.15, -0.1) is 11.3 Å². The lowest BCUT2D eigenvalue weighted by atomic mass is 10.2. The van der Waals surface area contributed by atoms with E-state index >= 15 is 0 Å². The van der Waals surface area contributed by atoms with Gasteiger partial charge in [-0.1, -0.05) is 5.16 Å². The number of carbonyl (C=O) groups is 1. The summed E-state index contributed by atoms with van der Waals surface area (Å²) in [5.74, 6) is 0.536. The van der Waals surface area contributed by atoms with Crippen molar-refractivity contribution in [2.24, 2.45) is 0 Å². The van der Waals surface area contributed by atoms with Gasteiger partial charge in [0.15, 0.2) is 0 Å². The van der Waals surface area contributed by atoms with Crippen LogP contribution < -0.4 is 0 Å². The largest absolute Gasteiger partial charge is 0.366 e. The van der Waals surface area contributed by atoms with Crippen molar-refractivity contribution in [1.29, 1.82) is 0 Å². The highest BCUT2D eigenvalue weighted by Crippen LogP contribution is 2.21. The summed E-state index contributed by atoms with van der Waals surface area (Å²) >= 11 is 1.62. The monoisotopic (exact) mass is 308 g/mol. The minimum absolute atomic E-state index is 0.0557. The number of morpholine rings is 1. The molecule has 2 aromatic rings. The van der Waals surface area contributed by atoms with Crippen LogP contribution in [-0.2, 0) is 16.0 Å². The molecule has 1 unspecified atom stereocenters. The third kappa shape index (κ3) is 3.11. The van der Waals surface area contributed by atoms with Crippen molar-refractivity contribution in [3.05, 3.63) is 27.8 Å². The van der Waals surface area contributed by atoms with Crippen molar-refractivity contribution in [1.82, 2.24) is 20.0 Å². The second-order valence-corrected chi connectivity index (χ2v) is 6.31. The van der Waals surface area contributed by atoms with E-state index < -0.39 is 0 Å². The fourth-order valence-corrected chi connectivity index (χ4v) is 3.18. The van der Waals surface area contributed by atoms with Crippen molar-refractivity contribution in [3.63, 3.8) is 0 Å². The van der Waals surface area contributed by atoms with Crippen LogP contribution in [0.1, 0.15) is 27.5 Å². The molecule has 0 aliphatic carbocycles. The summed E-state index contributed by atoms with van der Waals surface area (Å²) in [6.45, 7) is 5.44. The van der Waals surface area contributed by atoms with Crippen LogP contribution in [0.2, 0.25) is 0 Å². The van der Waals surface area contributed by atoms with Gasteiger partial charge in [0, 0.05) is 11.4 Å². The normalized spacial score (nSPS) is 19.0. The Balaban J connectivity index is 1.66. The van der Waals surface area contributed by atoms with Gasteiger partial charge in [-0.2, -0.15) is 4.98 Å². The number of nitrogens with zero attached hydrogens (tertiary/aromatic N) is 4. The fourth-order valence-electron chi connectivity index (χ4n) is 2.34. The number of carbonyl (C=O) groups excluding carboxylic acids is 1. The first-order valence-electron chi connectivity index (χ1n) is 6.72. The highest BCUT2D eigenvalue weighted by atomic mass is 32.1. The summed E-state index contributed by atoms with van der Waals surface area (Å²) in [4.78, 5) is 23.7. The molecule has 3 heterocycles. The molecule has 1 aliphatic heterocycles. The number of amides is 1.